The fourth-order valence-electron chi connectivity index (χ4n) is 7.60. The van der Waals surface area contributed by atoms with E-state index in [9.17, 15) is 4.79 Å². The van der Waals surface area contributed by atoms with Gasteiger partial charge in [-0.1, -0.05) is 42.5 Å². The van der Waals surface area contributed by atoms with Crippen LogP contribution in [0.15, 0.2) is 66.7 Å². The predicted octanol–water partition coefficient (Wildman–Crippen LogP) is 4.20. The number of carbonyl (C=O) groups is 1. The van der Waals surface area contributed by atoms with Gasteiger partial charge in [-0.05, 0) is 72.6 Å². The van der Waals surface area contributed by atoms with E-state index in [4.69, 9.17) is 19.2 Å². The number of hydrogen-bond donors (Lipinski definition) is 1. The van der Waals surface area contributed by atoms with E-state index >= 15 is 0 Å². The molecule has 0 aliphatic carbocycles. The van der Waals surface area contributed by atoms with Crippen LogP contribution in [0.3, 0.4) is 0 Å². The van der Waals surface area contributed by atoms with Gasteiger partial charge in [0.15, 0.2) is 11.5 Å². The zero-order valence-corrected chi connectivity index (χ0v) is 29.0. The number of ether oxygens (including phenoxy) is 3. The lowest BCUT2D eigenvalue weighted by Gasteiger charge is -2.33. The Balaban J connectivity index is 1.06. The summed E-state index contributed by atoms with van der Waals surface area (Å²) >= 11 is 0. The number of tetrazole rings is 1. The number of aryl methyl sites for hydroxylation is 2. The minimum absolute atomic E-state index is 0.0325. The Kier molecular flexibility index (Phi) is 9.83. The van der Waals surface area contributed by atoms with Crippen LogP contribution in [0, 0.1) is 0 Å². The molecule has 13 nitrogen and oxygen atoms in total. The number of amides is 1. The lowest BCUT2D eigenvalue weighted by molar-refractivity contribution is 0.0780. The van der Waals surface area contributed by atoms with E-state index in [-0.39, 0.29) is 11.3 Å². The molecule has 1 atom stereocenters. The van der Waals surface area contributed by atoms with Crippen LogP contribution in [0.1, 0.15) is 41.0 Å². The van der Waals surface area contributed by atoms with Crippen LogP contribution < -0.4 is 19.1 Å². The normalized spacial score (nSPS) is 18.4. The molecule has 0 radical (unpaired) electrons. The number of para-hydroxylation sites is 2. The lowest BCUT2D eigenvalue weighted by atomic mass is 9.76. The molecule has 50 heavy (non-hydrogen) atoms. The number of anilines is 1. The minimum atomic E-state index is -0.146. The average Bonchev–Trinajstić information content (AvgIpc) is 3.89. The third-order valence-corrected chi connectivity index (χ3v) is 10.3. The van der Waals surface area contributed by atoms with Crippen molar-refractivity contribution < 1.29 is 19.0 Å². The molecule has 2 saturated heterocycles. The first-order valence-corrected chi connectivity index (χ1v) is 17.3. The van der Waals surface area contributed by atoms with Crippen molar-refractivity contribution in [1.29, 1.82) is 0 Å². The number of hydrogen-bond acceptors (Lipinski definition) is 10. The Hall–Kier alpha value is -5.17. The van der Waals surface area contributed by atoms with Crippen LogP contribution in [0.25, 0.3) is 11.0 Å². The number of nitrogens with one attached hydrogen (secondary N) is 1. The number of imidazole rings is 1. The van der Waals surface area contributed by atoms with Gasteiger partial charge in [0.25, 0.3) is 5.91 Å². The van der Waals surface area contributed by atoms with Gasteiger partial charge in [-0.3, -0.25) is 4.79 Å². The first-order chi connectivity index (χ1) is 24.5. The summed E-state index contributed by atoms with van der Waals surface area (Å²) in [5.74, 6) is 3.15. The van der Waals surface area contributed by atoms with Crippen molar-refractivity contribution in [2.24, 2.45) is 0 Å². The van der Waals surface area contributed by atoms with Crippen LogP contribution >= 0.6 is 0 Å². The molecule has 262 valence electrons. The van der Waals surface area contributed by atoms with Gasteiger partial charge in [0.2, 0.25) is 11.7 Å². The van der Waals surface area contributed by atoms with Crippen LogP contribution in [-0.4, -0.2) is 113 Å². The van der Waals surface area contributed by atoms with Crippen molar-refractivity contribution >= 4 is 22.9 Å². The number of nitrogens with zero attached hydrogens (tertiary/aromatic N) is 8. The topological polar surface area (TPSA) is 127 Å². The Labute approximate surface area is 292 Å². The number of likely N-dealkylation sites (tertiary alicyclic amines) is 1. The highest BCUT2D eigenvalue weighted by molar-refractivity contribution is 5.96. The molecule has 0 spiro atoms. The second-order valence-electron chi connectivity index (χ2n) is 13.1. The van der Waals surface area contributed by atoms with Gasteiger partial charge < -0.3 is 33.5 Å². The highest BCUT2D eigenvalue weighted by Crippen LogP contribution is 2.41. The highest BCUT2D eigenvalue weighted by Gasteiger charge is 2.42. The summed E-state index contributed by atoms with van der Waals surface area (Å²) in [6.45, 7) is 6.78. The highest BCUT2D eigenvalue weighted by atomic mass is 16.5. The van der Waals surface area contributed by atoms with Crippen molar-refractivity contribution in [1.82, 2.24) is 40.0 Å². The number of benzene rings is 3. The van der Waals surface area contributed by atoms with Crippen LogP contribution in [0.4, 0.5) is 5.95 Å². The molecule has 13 heteroatoms. The van der Waals surface area contributed by atoms with E-state index in [1.54, 1.807) is 33.5 Å². The number of aromatic amines is 1. The zero-order chi connectivity index (χ0) is 34.5. The first-order valence-electron chi connectivity index (χ1n) is 17.3. The summed E-state index contributed by atoms with van der Waals surface area (Å²) in [6.07, 6.45) is 3.60. The Bertz CT molecular complexity index is 1870. The maximum absolute atomic E-state index is 14.0. The molecule has 2 aliphatic rings. The fraction of sp³-hybridized carbons (Fsp3) is 0.432. The number of rotatable bonds is 12. The molecule has 0 saturated carbocycles. The van der Waals surface area contributed by atoms with Crippen molar-refractivity contribution in [2.45, 2.75) is 37.6 Å². The molecule has 1 unspecified atom stereocenters. The molecular formula is C37H45N9O4. The van der Waals surface area contributed by atoms with Crippen LogP contribution in [-0.2, 0) is 18.4 Å². The van der Waals surface area contributed by atoms with Crippen molar-refractivity contribution in [2.75, 3.05) is 72.0 Å². The van der Waals surface area contributed by atoms with Crippen molar-refractivity contribution in [3.8, 4) is 17.2 Å². The summed E-state index contributed by atoms with van der Waals surface area (Å²) in [5.41, 5.74) is 3.78. The lowest BCUT2D eigenvalue weighted by Crippen LogP contribution is -2.39. The zero-order valence-electron chi connectivity index (χ0n) is 29.0. The SMILES string of the molecule is COc1cc(C(=O)N2CCC(CCN3CCCN(c4nc5ccccc5n4CCc4nnn[nH]4)CC3)(c3ccccc3)C2)cc(OC)c1OC. The summed E-state index contributed by atoms with van der Waals surface area (Å²) < 4.78 is 18.9. The number of carbonyl (C=O) groups excluding carboxylic acids is 1. The number of methoxy groups -OCH3 is 3. The maximum Gasteiger partial charge on any atom is 0.254 e. The van der Waals surface area contributed by atoms with E-state index in [0.29, 0.717) is 42.3 Å². The van der Waals surface area contributed by atoms with Gasteiger partial charge in [-0.2, -0.15) is 0 Å². The molecule has 5 aromatic rings. The molecule has 1 amide bonds. The molecule has 2 aromatic heterocycles. The van der Waals surface area contributed by atoms with E-state index < -0.39 is 0 Å². The molecule has 2 fully saturated rings. The first kappa shape index (κ1) is 33.3. The van der Waals surface area contributed by atoms with Gasteiger partial charge in [0.05, 0.1) is 32.4 Å². The van der Waals surface area contributed by atoms with Gasteiger partial charge in [-0.25, -0.2) is 10.1 Å². The average molecular weight is 680 g/mol. The fourth-order valence-corrected chi connectivity index (χ4v) is 7.60. The van der Waals surface area contributed by atoms with Crippen molar-refractivity contribution in [3.63, 3.8) is 0 Å². The summed E-state index contributed by atoms with van der Waals surface area (Å²) in [6, 6.07) is 22.5. The predicted molar refractivity (Wildman–Crippen MR) is 190 cm³/mol. The minimum Gasteiger partial charge on any atom is -0.493 e. The van der Waals surface area contributed by atoms with Gasteiger partial charge in [0, 0.05) is 56.7 Å². The Morgan fingerprint density at radius 3 is 2.40 bits per heavy atom. The van der Waals surface area contributed by atoms with Crippen LogP contribution in [0.5, 0.6) is 17.2 Å². The summed E-state index contributed by atoms with van der Waals surface area (Å²) in [7, 11) is 4.70. The third kappa shape index (κ3) is 6.69. The van der Waals surface area contributed by atoms with Gasteiger partial charge >= 0.3 is 0 Å². The molecule has 2 aliphatic heterocycles. The maximum atomic E-state index is 14.0. The molecular weight excluding hydrogens is 634 g/mol. The summed E-state index contributed by atoms with van der Waals surface area (Å²) in [4.78, 5) is 26.1. The second-order valence-corrected chi connectivity index (χ2v) is 13.1. The largest absolute Gasteiger partial charge is 0.493 e. The van der Waals surface area contributed by atoms with E-state index in [1.165, 1.54) is 5.56 Å². The molecule has 7 rings (SSSR count). The number of fused-ring (bicyclic) bond motifs is 1. The Morgan fingerprint density at radius 1 is 0.880 bits per heavy atom. The monoisotopic (exact) mass is 679 g/mol. The summed E-state index contributed by atoms with van der Waals surface area (Å²) in [5, 5.41) is 14.4. The molecule has 4 heterocycles. The molecule has 3 aromatic carbocycles. The smallest absolute Gasteiger partial charge is 0.254 e. The third-order valence-electron chi connectivity index (χ3n) is 10.3. The van der Waals surface area contributed by atoms with E-state index in [1.807, 2.05) is 11.0 Å². The van der Waals surface area contributed by atoms with E-state index in [2.05, 4.69) is 83.5 Å². The van der Waals surface area contributed by atoms with Gasteiger partial charge in [-0.15, -0.1) is 5.10 Å². The number of aromatic nitrogens is 6. The second kappa shape index (κ2) is 14.8. The Morgan fingerprint density at radius 2 is 1.66 bits per heavy atom. The standard InChI is InChI=1S/C37H45N9O4/c1-48-31-24-27(25-32(49-2)34(31)50-3)35(47)45-21-16-37(26-45,28-10-5-4-6-11-28)15-20-43-17-9-18-44(23-22-43)36-38-29-12-7-8-13-30(29)46(36)19-14-33-39-41-42-40-33/h4-8,10-13,24-25H,9,14-23,26H2,1-3H3,(H,39,40,41,42). The molecule has 1 N–H and O–H groups in total. The molecule has 0 bridgehead atoms. The van der Waals surface area contributed by atoms with Crippen molar-refractivity contribution in [3.05, 3.63) is 83.7 Å². The quantitative estimate of drug-likeness (QED) is 0.205. The number of H-pyrrole nitrogens is 1. The van der Waals surface area contributed by atoms with Crippen LogP contribution in [0.2, 0.25) is 0 Å². The van der Waals surface area contributed by atoms with Gasteiger partial charge in [0.1, 0.15) is 5.82 Å². The van der Waals surface area contributed by atoms with E-state index in [0.717, 1.165) is 81.3 Å².